The molecule has 1 fully saturated rings. The maximum atomic E-state index is 12.4. The van der Waals surface area contributed by atoms with Crippen molar-refractivity contribution < 1.29 is 19.1 Å². The Morgan fingerprint density at radius 3 is 2.52 bits per heavy atom. The minimum absolute atomic E-state index is 0.231. The molecule has 3 rings (SSSR count). The molecule has 0 aliphatic heterocycles. The second-order valence-corrected chi connectivity index (χ2v) is 7.08. The van der Waals surface area contributed by atoms with Crippen LogP contribution in [0.4, 0.5) is 10.5 Å². The van der Waals surface area contributed by atoms with Crippen molar-refractivity contribution in [2.75, 3.05) is 19.0 Å². The number of nitrogens with one attached hydrogen (secondary N) is 3. The molecule has 3 N–H and O–H groups in total. The van der Waals surface area contributed by atoms with E-state index < -0.39 is 0 Å². The van der Waals surface area contributed by atoms with Gasteiger partial charge in [0.05, 0.1) is 18.7 Å². The number of methoxy groups -OCH3 is 1. The smallest absolute Gasteiger partial charge is 0.319 e. The van der Waals surface area contributed by atoms with Crippen LogP contribution < -0.4 is 25.4 Å². The van der Waals surface area contributed by atoms with Gasteiger partial charge in [-0.15, -0.1) is 0 Å². The Kier molecular flexibility index (Phi) is 6.82. The quantitative estimate of drug-likeness (QED) is 0.606. The Balaban J connectivity index is 1.57. The summed E-state index contributed by atoms with van der Waals surface area (Å²) in [5, 5.41) is 8.87. The van der Waals surface area contributed by atoms with Gasteiger partial charge in [-0.1, -0.05) is 11.6 Å². The van der Waals surface area contributed by atoms with E-state index in [0.29, 0.717) is 34.4 Å². The lowest BCUT2D eigenvalue weighted by molar-refractivity contribution is 0.0951. The second-order valence-electron chi connectivity index (χ2n) is 6.67. The predicted molar refractivity (Wildman–Crippen MR) is 112 cm³/mol. The molecule has 1 saturated carbocycles. The van der Waals surface area contributed by atoms with Gasteiger partial charge in [-0.25, -0.2) is 4.79 Å². The maximum Gasteiger partial charge on any atom is 0.319 e. The number of urea groups is 1. The highest BCUT2D eigenvalue weighted by Crippen LogP contribution is 2.36. The Hall–Kier alpha value is -2.93. The fraction of sp³-hybridized carbons (Fsp3) is 0.333. The molecule has 0 heterocycles. The van der Waals surface area contributed by atoms with Gasteiger partial charge in [0, 0.05) is 23.8 Å². The SMILES string of the molecule is CCOc1c(Cl)cc(CNC(=O)c2ccc(NC(=O)NC3CC3)cc2)cc1OC. The van der Waals surface area contributed by atoms with Crippen LogP contribution >= 0.6 is 11.6 Å². The van der Waals surface area contributed by atoms with Crippen LogP contribution in [0, 0.1) is 0 Å². The fourth-order valence-corrected chi connectivity index (χ4v) is 3.02. The standard InChI is InChI=1S/C21H24ClN3O4/c1-3-29-19-17(22)10-13(11-18(19)28-2)12-23-20(26)14-4-6-15(7-5-14)24-21(27)25-16-8-9-16/h4-7,10-11,16H,3,8-9,12H2,1-2H3,(H,23,26)(H2,24,25,27). The van der Waals surface area contributed by atoms with Gasteiger partial charge in [-0.3, -0.25) is 4.79 Å². The number of halogens is 1. The molecule has 3 amide bonds. The zero-order valence-electron chi connectivity index (χ0n) is 16.4. The molecular formula is C21H24ClN3O4. The monoisotopic (exact) mass is 417 g/mol. The normalized spacial score (nSPS) is 12.8. The molecule has 0 bridgehead atoms. The van der Waals surface area contributed by atoms with E-state index in [1.807, 2.05) is 6.92 Å². The first-order valence-corrected chi connectivity index (χ1v) is 9.83. The zero-order valence-corrected chi connectivity index (χ0v) is 17.1. The van der Waals surface area contributed by atoms with E-state index in [2.05, 4.69) is 16.0 Å². The summed E-state index contributed by atoms with van der Waals surface area (Å²) in [6, 6.07) is 10.3. The molecule has 7 nitrogen and oxygen atoms in total. The maximum absolute atomic E-state index is 12.4. The lowest BCUT2D eigenvalue weighted by Gasteiger charge is -2.13. The molecule has 2 aromatic rings. The minimum atomic E-state index is -0.233. The largest absolute Gasteiger partial charge is 0.493 e. The Morgan fingerprint density at radius 2 is 1.90 bits per heavy atom. The number of ether oxygens (including phenoxy) is 2. The summed E-state index contributed by atoms with van der Waals surface area (Å²) < 4.78 is 10.8. The van der Waals surface area contributed by atoms with Crippen molar-refractivity contribution in [3.63, 3.8) is 0 Å². The van der Waals surface area contributed by atoms with E-state index in [-0.39, 0.29) is 24.5 Å². The summed E-state index contributed by atoms with van der Waals surface area (Å²) >= 11 is 6.26. The van der Waals surface area contributed by atoms with Gasteiger partial charge in [0.2, 0.25) is 0 Å². The van der Waals surface area contributed by atoms with Crippen LogP contribution in [0.25, 0.3) is 0 Å². The summed E-state index contributed by atoms with van der Waals surface area (Å²) in [7, 11) is 1.54. The number of hydrogen-bond acceptors (Lipinski definition) is 4. The van der Waals surface area contributed by atoms with Gasteiger partial charge in [0.25, 0.3) is 5.91 Å². The van der Waals surface area contributed by atoms with E-state index in [1.54, 1.807) is 36.4 Å². The second kappa shape index (κ2) is 9.52. The van der Waals surface area contributed by atoms with Crippen molar-refractivity contribution in [1.29, 1.82) is 0 Å². The van der Waals surface area contributed by atoms with Crippen LogP contribution in [-0.2, 0) is 6.54 Å². The van der Waals surface area contributed by atoms with Crippen LogP contribution in [0.15, 0.2) is 36.4 Å². The molecule has 0 atom stereocenters. The summed E-state index contributed by atoms with van der Waals surface area (Å²) in [6.45, 7) is 2.62. The Morgan fingerprint density at radius 1 is 1.17 bits per heavy atom. The third-order valence-corrected chi connectivity index (χ3v) is 4.63. The fourth-order valence-electron chi connectivity index (χ4n) is 2.73. The van der Waals surface area contributed by atoms with Crippen molar-refractivity contribution in [3.8, 4) is 11.5 Å². The van der Waals surface area contributed by atoms with Crippen LogP contribution in [0.1, 0.15) is 35.7 Å². The average Bonchev–Trinajstić information content (AvgIpc) is 3.52. The average molecular weight is 418 g/mol. The summed E-state index contributed by atoms with van der Waals surface area (Å²) in [4.78, 5) is 24.2. The lowest BCUT2D eigenvalue weighted by atomic mass is 10.1. The minimum Gasteiger partial charge on any atom is -0.493 e. The van der Waals surface area contributed by atoms with E-state index in [0.717, 1.165) is 18.4 Å². The van der Waals surface area contributed by atoms with Crippen LogP contribution in [0.3, 0.4) is 0 Å². The number of carbonyl (C=O) groups is 2. The molecule has 0 unspecified atom stereocenters. The van der Waals surface area contributed by atoms with Gasteiger partial charge >= 0.3 is 6.03 Å². The van der Waals surface area contributed by atoms with Crippen molar-refractivity contribution in [2.24, 2.45) is 0 Å². The molecule has 0 spiro atoms. The Bertz CT molecular complexity index is 882. The highest BCUT2D eigenvalue weighted by atomic mass is 35.5. The van der Waals surface area contributed by atoms with Crippen LogP contribution in [-0.4, -0.2) is 31.7 Å². The topological polar surface area (TPSA) is 88.7 Å². The number of anilines is 1. The zero-order chi connectivity index (χ0) is 20.8. The first kappa shape index (κ1) is 20.8. The highest BCUT2D eigenvalue weighted by Gasteiger charge is 2.23. The van der Waals surface area contributed by atoms with E-state index in [4.69, 9.17) is 21.1 Å². The number of carbonyl (C=O) groups excluding carboxylic acids is 2. The van der Waals surface area contributed by atoms with E-state index in [1.165, 1.54) is 7.11 Å². The molecule has 1 aliphatic rings. The van der Waals surface area contributed by atoms with Crippen molar-refractivity contribution in [2.45, 2.75) is 32.4 Å². The van der Waals surface area contributed by atoms with Gasteiger partial charge in [0.1, 0.15) is 0 Å². The van der Waals surface area contributed by atoms with E-state index >= 15 is 0 Å². The molecular weight excluding hydrogens is 394 g/mol. The molecule has 0 saturated heterocycles. The molecule has 29 heavy (non-hydrogen) atoms. The van der Waals surface area contributed by atoms with Gasteiger partial charge in [-0.05, 0) is 61.7 Å². The van der Waals surface area contributed by atoms with E-state index in [9.17, 15) is 9.59 Å². The van der Waals surface area contributed by atoms with Crippen molar-refractivity contribution >= 4 is 29.2 Å². The van der Waals surface area contributed by atoms with Crippen molar-refractivity contribution in [1.82, 2.24) is 10.6 Å². The van der Waals surface area contributed by atoms with Crippen LogP contribution in [0.5, 0.6) is 11.5 Å². The first-order chi connectivity index (χ1) is 14.0. The number of rotatable bonds is 8. The Labute approximate surface area is 174 Å². The predicted octanol–water partition coefficient (Wildman–Crippen LogP) is 3.96. The summed E-state index contributed by atoms with van der Waals surface area (Å²) in [6.07, 6.45) is 2.05. The summed E-state index contributed by atoms with van der Waals surface area (Å²) in [5.41, 5.74) is 1.91. The molecule has 0 radical (unpaired) electrons. The molecule has 154 valence electrons. The first-order valence-electron chi connectivity index (χ1n) is 9.45. The number of amides is 3. The van der Waals surface area contributed by atoms with Crippen molar-refractivity contribution in [3.05, 3.63) is 52.5 Å². The highest BCUT2D eigenvalue weighted by molar-refractivity contribution is 6.32. The lowest BCUT2D eigenvalue weighted by Crippen LogP contribution is -2.30. The molecule has 1 aliphatic carbocycles. The third-order valence-electron chi connectivity index (χ3n) is 4.35. The molecule has 2 aromatic carbocycles. The molecule has 0 aromatic heterocycles. The molecule has 8 heteroatoms. The van der Waals surface area contributed by atoms with Gasteiger partial charge < -0.3 is 25.4 Å². The van der Waals surface area contributed by atoms with Gasteiger partial charge in [0.15, 0.2) is 11.5 Å². The number of hydrogen-bond donors (Lipinski definition) is 3. The van der Waals surface area contributed by atoms with Crippen LogP contribution in [0.2, 0.25) is 5.02 Å². The summed E-state index contributed by atoms with van der Waals surface area (Å²) in [5.74, 6) is 0.770. The van der Waals surface area contributed by atoms with Gasteiger partial charge in [-0.2, -0.15) is 0 Å². The third kappa shape index (κ3) is 5.77. The number of benzene rings is 2.